The number of hydrogen-bond donors (Lipinski definition) is 3. The van der Waals surface area contributed by atoms with Gasteiger partial charge in [0.15, 0.2) is 12.2 Å². The lowest BCUT2D eigenvalue weighted by Crippen LogP contribution is -2.30. The number of aliphatic hydroxyl groups excluding tert-OH is 1. The summed E-state index contributed by atoms with van der Waals surface area (Å²) in [4.78, 5) is 72.2. The molecule has 0 fully saturated rings. The van der Waals surface area contributed by atoms with Gasteiger partial charge in [-0.2, -0.15) is 0 Å². The Morgan fingerprint density at radius 1 is 0.337 bits per heavy atom. The van der Waals surface area contributed by atoms with E-state index in [9.17, 15) is 43.2 Å². The number of aliphatic hydroxyl groups is 1. The van der Waals surface area contributed by atoms with Crippen molar-refractivity contribution in [3.63, 3.8) is 0 Å². The highest BCUT2D eigenvalue weighted by Crippen LogP contribution is 2.45. The van der Waals surface area contributed by atoms with Crippen LogP contribution < -0.4 is 0 Å². The molecule has 0 rings (SSSR count). The number of unbranched alkanes of at least 4 members (excludes halogenated alkanes) is 32. The van der Waals surface area contributed by atoms with Gasteiger partial charge >= 0.3 is 39.5 Å². The van der Waals surface area contributed by atoms with E-state index in [2.05, 4.69) is 48.5 Å². The average Bonchev–Trinajstić information content (AvgIpc) is 3.65. The van der Waals surface area contributed by atoms with Gasteiger partial charge in [-0.15, -0.1) is 0 Å². The Bertz CT molecular complexity index is 1700. The molecular formula is C67H130O17P2. The molecule has 17 nitrogen and oxygen atoms in total. The van der Waals surface area contributed by atoms with Crippen molar-refractivity contribution in [3.8, 4) is 0 Å². The summed E-state index contributed by atoms with van der Waals surface area (Å²) in [5, 5.41) is 10.5. The van der Waals surface area contributed by atoms with E-state index in [0.29, 0.717) is 31.6 Å². The molecule has 0 aromatic rings. The van der Waals surface area contributed by atoms with E-state index >= 15 is 0 Å². The molecule has 0 spiro atoms. The number of esters is 4. The monoisotopic (exact) mass is 1270 g/mol. The Kier molecular flexibility index (Phi) is 56.9. The number of ether oxygens (including phenoxy) is 4. The number of carbonyl (C=O) groups excluding carboxylic acids is 4. The highest BCUT2D eigenvalue weighted by atomic mass is 31.2. The fourth-order valence-electron chi connectivity index (χ4n) is 9.98. The molecule has 3 unspecified atom stereocenters. The fourth-order valence-corrected chi connectivity index (χ4v) is 11.6. The number of carbonyl (C=O) groups is 4. The molecule has 0 bridgehead atoms. The van der Waals surface area contributed by atoms with Crippen molar-refractivity contribution in [3.05, 3.63) is 0 Å². The minimum atomic E-state index is -4.95. The van der Waals surface area contributed by atoms with Crippen LogP contribution in [0.2, 0.25) is 0 Å². The topological polar surface area (TPSA) is 237 Å². The molecule has 0 amide bonds. The highest BCUT2D eigenvalue weighted by Gasteiger charge is 2.30. The predicted molar refractivity (Wildman–Crippen MR) is 344 cm³/mol. The predicted octanol–water partition coefficient (Wildman–Crippen LogP) is 18.7. The van der Waals surface area contributed by atoms with Crippen LogP contribution in [0.5, 0.6) is 0 Å². The molecule has 0 heterocycles. The third kappa shape index (κ3) is 59.7. The van der Waals surface area contributed by atoms with E-state index in [1.807, 2.05) is 0 Å². The zero-order chi connectivity index (χ0) is 63.8. The summed E-state index contributed by atoms with van der Waals surface area (Å²) in [6.07, 6.45) is 40.6. The third-order valence-electron chi connectivity index (χ3n) is 15.7. The maximum Gasteiger partial charge on any atom is 0.472 e. The van der Waals surface area contributed by atoms with Crippen molar-refractivity contribution in [2.45, 2.75) is 349 Å². The Hall–Kier alpha value is -1.94. The molecule has 0 saturated carbocycles. The van der Waals surface area contributed by atoms with Crippen LogP contribution in [0.1, 0.15) is 331 Å². The second kappa shape index (κ2) is 58.2. The van der Waals surface area contributed by atoms with Crippen LogP contribution >= 0.6 is 15.6 Å². The van der Waals surface area contributed by atoms with Crippen LogP contribution in [0.3, 0.4) is 0 Å². The molecule has 0 aliphatic heterocycles. The quantitative estimate of drug-likeness (QED) is 0.0222. The van der Waals surface area contributed by atoms with Crippen LogP contribution in [-0.4, -0.2) is 96.7 Å². The summed E-state index contributed by atoms with van der Waals surface area (Å²) in [7, 11) is -9.89. The summed E-state index contributed by atoms with van der Waals surface area (Å²) < 4.78 is 68.0. The maximum absolute atomic E-state index is 13.0. The van der Waals surface area contributed by atoms with Crippen molar-refractivity contribution in [1.29, 1.82) is 0 Å². The molecule has 0 aliphatic rings. The normalized spacial score (nSPS) is 14.6. The molecule has 19 heteroatoms. The van der Waals surface area contributed by atoms with Gasteiger partial charge in [0.25, 0.3) is 0 Å². The van der Waals surface area contributed by atoms with E-state index in [0.717, 1.165) is 108 Å². The standard InChI is InChI=1S/C67H130O17P2/c1-8-10-11-12-13-26-34-41-48-64(69)77-55-63(84-67(72)51-44-37-30-29-32-39-46-59(5)6)57-82-86(75,76)80-53-61(68)52-79-85(73,74)81-56-62(54-78-65(70)49-42-35-27-23-22-24-31-38-45-58(3)4)83-66(71)50-43-36-28-21-19-17-15-14-16-18-20-25-33-40-47-60(7)9-2/h58-63,68H,8-57H2,1-7H3,(H,73,74)(H,75,76)/t60?,61-,62-,63-/m1/s1. The minimum absolute atomic E-state index is 0.102. The molecule has 510 valence electrons. The van der Waals surface area contributed by atoms with Crippen LogP contribution in [0.15, 0.2) is 0 Å². The Labute approximate surface area is 524 Å². The van der Waals surface area contributed by atoms with E-state index in [1.165, 1.54) is 135 Å². The zero-order valence-corrected chi connectivity index (χ0v) is 57.6. The van der Waals surface area contributed by atoms with E-state index < -0.39 is 97.5 Å². The van der Waals surface area contributed by atoms with Crippen molar-refractivity contribution < 1.29 is 80.2 Å². The Morgan fingerprint density at radius 3 is 0.884 bits per heavy atom. The first-order valence-corrected chi connectivity index (χ1v) is 37.9. The lowest BCUT2D eigenvalue weighted by molar-refractivity contribution is -0.161. The van der Waals surface area contributed by atoms with Gasteiger partial charge in [-0.05, 0) is 43.4 Å². The number of phosphoric ester groups is 2. The second-order valence-corrected chi connectivity index (χ2v) is 28.3. The first kappa shape index (κ1) is 84.1. The fraction of sp³-hybridized carbons (Fsp3) is 0.940. The van der Waals surface area contributed by atoms with Gasteiger partial charge in [0, 0.05) is 25.7 Å². The van der Waals surface area contributed by atoms with E-state index in [4.69, 9.17) is 37.0 Å². The van der Waals surface area contributed by atoms with Gasteiger partial charge in [0.2, 0.25) is 0 Å². The van der Waals surface area contributed by atoms with Crippen molar-refractivity contribution in [2.24, 2.45) is 17.8 Å². The second-order valence-electron chi connectivity index (χ2n) is 25.4. The molecule has 0 aromatic heterocycles. The van der Waals surface area contributed by atoms with Gasteiger partial charge in [0.1, 0.15) is 19.3 Å². The lowest BCUT2D eigenvalue weighted by Gasteiger charge is -2.21. The van der Waals surface area contributed by atoms with Gasteiger partial charge in [-0.1, -0.05) is 280 Å². The summed E-state index contributed by atoms with van der Waals surface area (Å²) in [6.45, 7) is 11.7. The number of hydrogen-bond acceptors (Lipinski definition) is 15. The first-order valence-electron chi connectivity index (χ1n) is 34.9. The van der Waals surface area contributed by atoms with Crippen molar-refractivity contribution in [1.82, 2.24) is 0 Å². The summed E-state index contributed by atoms with van der Waals surface area (Å²) in [5.74, 6) is 0.104. The van der Waals surface area contributed by atoms with Crippen molar-refractivity contribution in [2.75, 3.05) is 39.6 Å². The Balaban J connectivity index is 5.19. The molecule has 0 aromatic carbocycles. The van der Waals surface area contributed by atoms with Crippen LogP contribution in [0.25, 0.3) is 0 Å². The molecule has 3 N–H and O–H groups in total. The van der Waals surface area contributed by atoms with Gasteiger partial charge < -0.3 is 33.8 Å². The van der Waals surface area contributed by atoms with Crippen LogP contribution in [-0.2, 0) is 65.4 Å². The third-order valence-corrected chi connectivity index (χ3v) is 17.6. The molecule has 86 heavy (non-hydrogen) atoms. The molecule has 0 radical (unpaired) electrons. The first-order chi connectivity index (χ1) is 41.3. The highest BCUT2D eigenvalue weighted by molar-refractivity contribution is 7.47. The number of phosphoric acid groups is 2. The van der Waals surface area contributed by atoms with Gasteiger partial charge in [0.05, 0.1) is 26.4 Å². The molecule has 6 atom stereocenters. The molecular weight excluding hydrogens is 1140 g/mol. The summed E-state index contributed by atoms with van der Waals surface area (Å²) in [5.41, 5.74) is 0. The SMILES string of the molecule is CCCCCCCCCCC(=O)OC[C@H](COP(=O)(O)OC[C@H](O)COP(=O)(O)OC[C@@H](COC(=O)CCCCCCCCCCC(C)C)OC(=O)CCCCCCCCCCCCCCCCC(C)CC)OC(=O)CCCCCCCCC(C)C. The smallest absolute Gasteiger partial charge is 0.462 e. The molecule has 0 aliphatic carbocycles. The van der Waals surface area contributed by atoms with Crippen molar-refractivity contribution >= 4 is 39.5 Å². The summed E-state index contributed by atoms with van der Waals surface area (Å²) in [6, 6.07) is 0. The number of rotatable bonds is 65. The van der Waals surface area contributed by atoms with E-state index in [1.54, 1.807) is 0 Å². The van der Waals surface area contributed by atoms with Gasteiger partial charge in [-0.3, -0.25) is 37.3 Å². The summed E-state index contributed by atoms with van der Waals surface area (Å²) >= 11 is 0. The minimum Gasteiger partial charge on any atom is -0.462 e. The van der Waals surface area contributed by atoms with Gasteiger partial charge in [-0.25, -0.2) is 9.13 Å². The average molecular weight is 1270 g/mol. The van der Waals surface area contributed by atoms with Crippen LogP contribution in [0, 0.1) is 17.8 Å². The lowest BCUT2D eigenvalue weighted by atomic mass is 9.99. The van der Waals surface area contributed by atoms with Crippen LogP contribution in [0.4, 0.5) is 0 Å². The Morgan fingerprint density at radius 2 is 0.593 bits per heavy atom. The largest absolute Gasteiger partial charge is 0.472 e. The zero-order valence-electron chi connectivity index (χ0n) is 55.8. The molecule has 0 saturated heterocycles. The maximum atomic E-state index is 13.0. The van der Waals surface area contributed by atoms with E-state index in [-0.39, 0.29) is 25.7 Å².